The number of amides is 2. The van der Waals surface area contributed by atoms with Crippen LogP contribution in [0.15, 0.2) is 29.3 Å². The van der Waals surface area contributed by atoms with E-state index in [1.165, 1.54) is 0 Å². The lowest BCUT2D eigenvalue weighted by Gasteiger charge is -2.42. The van der Waals surface area contributed by atoms with Crippen molar-refractivity contribution in [3.05, 3.63) is 29.8 Å². The van der Waals surface area contributed by atoms with Crippen molar-refractivity contribution < 1.29 is 42.5 Å². The fourth-order valence-electron chi connectivity index (χ4n) is 5.32. The number of rotatable bonds is 6. The Morgan fingerprint density at radius 1 is 1.23 bits per heavy atom. The first-order valence-corrected chi connectivity index (χ1v) is 13.2. The van der Waals surface area contributed by atoms with Crippen LogP contribution in [0.25, 0.3) is 0 Å². The number of halogens is 3. The summed E-state index contributed by atoms with van der Waals surface area (Å²) in [6.45, 7) is 10.1. The van der Waals surface area contributed by atoms with E-state index in [0.29, 0.717) is 18.7 Å². The van der Waals surface area contributed by atoms with Gasteiger partial charge in [-0.25, -0.2) is 9.79 Å². The molecule has 10 nitrogen and oxygen atoms in total. The zero-order chi connectivity index (χ0) is 30.2. The molecule has 1 aliphatic carbocycles. The van der Waals surface area contributed by atoms with Gasteiger partial charge in [-0.1, -0.05) is 39.0 Å². The van der Waals surface area contributed by atoms with Gasteiger partial charge < -0.3 is 26.0 Å². The Morgan fingerprint density at radius 3 is 2.33 bits per heavy atom. The molecule has 1 aromatic carbocycles. The molecule has 0 bridgehead atoms. The van der Waals surface area contributed by atoms with Crippen LogP contribution in [0.5, 0.6) is 5.75 Å². The number of hydrogen-bond donors (Lipinski definition) is 4. The van der Waals surface area contributed by atoms with Gasteiger partial charge in [0.15, 0.2) is 5.96 Å². The molecular weight excluding hydrogens is 533 g/mol. The van der Waals surface area contributed by atoms with Gasteiger partial charge in [-0.2, -0.15) is 13.2 Å². The number of fused-ring (bicyclic) bond motifs is 1. The number of alkyl halides is 3. The molecule has 1 fully saturated rings. The summed E-state index contributed by atoms with van der Waals surface area (Å²) in [4.78, 5) is 41.2. The summed E-state index contributed by atoms with van der Waals surface area (Å²) in [7, 11) is 0. The van der Waals surface area contributed by atoms with Crippen molar-refractivity contribution in [2.75, 3.05) is 6.54 Å². The smallest absolute Gasteiger partial charge is 0.485 e. The normalized spacial score (nSPS) is 28.2. The van der Waals surface area contributed by atoms with E-state index in [4.69, 9.17) is 20.4 Å². The second-order valence-electron chi connectivity index (χ2n) is 11.1. The average Bonchev–Trinajstić information content (AvgIpc) is 3.52. The first-order chi connectivity index (χ1) is 18.5. The highest BCUT2D eigenvalue weighted by Gasteiger charge is 2.55. The molecule has 2 aliphatic heterocycles. The maximum atomic E-state index is 13.2. The number of hydrogen-bond acceptors (Lipinski definition) is 7. The first-order valence-electron chi connectivity index (χ1n) is 13.2. The van der Waals surface area contributed by atoms with Crippen LogP contribution in [0.1, 0.15) is 65.5 Å². The summed E-state index contributed by atoms with van der Waals surface area (Å²) < 4.78 is 37.7. The molecule has 13 heteroatoms. The van der Waals surface area contributed by atoms with Gasteiger partial charge in [0, 0.05) is 18.0 Å². The minimum Gasteiger partial charge on any atom is -0.485 e. The highest BCUT2D eigenvalue weighted by Crippen LogP contribution is 2.48. The van der Waals surface area contributed by atoms with E-state index in [1.807, 2.05) is 58.9 Å². The highest BCUT2D eigenvalue weighted by atomic mass is 19.4. The van der Waals surface area contributed by atoms with E-state index in [0.717, 1.165) is 18.4 Å². The van der Waals surface area contributed by atoms with Crippen molar-refractivity contribution in [3.8, 4) is 5.75 Å². The second kappa shape index (κ2) is 11.3. The minimum atomic E-state index is -5.08. The van der Waals surface area contributed by atoms with E-state index in [1.54, 1.807) is 4.90 Å². The van der Waals surface area contributed by atoms with Crippen molar-refractivity contribution >= 4 is 23.7 Å². The zero-order valence-electron chi connectivity index (χ0n) is 23.2. The molecule has 3 aliphatic rings. The number of aliphatic hydroxyl groups is 1. The Labute approximate surface area is 230 Å². The number of aliphatic hydroxyl groups excluding tert-OH is 1. The van der Waals surface area contributed by atoms with Crippen molar-refractivity contribution in [2.45, 2.75) is 83.3 Å². The number of para-hydroxylation sites is 1. The molecule has 1 saturated carbocycles. The fourth-order valence-corrected chi connectivity index (χ4v) is 5.32. The molecule has 4 rings (SSSR count). The summed E-state index contributed by atoms with van der Waals surface area (Å²) in [5, 5.41) is 21.1. The average molecular weight is 571 g/mol. The molecule has 222 valence electrons. The maximum absolute atomic E-state index is 13.2. The molecule has 0 saturated heterocycles. The van der Waals surface area contributed by atoms with Crippen molar-refractivity contribution in [3.63, 3.8) is 0 Å². The van der Waals surface area contributed by atoms with Gasteiger partial charge >= 0.3 is 12.1 Å². The summed E-state index contributed by atoms with van der Waals surface area (Å²) in [6, 6.07) is 6.89. The number of nitrogens with zero attached hydrogens (tertiary/aromatic N) is 2. The van der Waals surface area contributed by atoms with E-state index in [9.17, 15) is 27.9 Å². The molecule has 3 unspecified atom stereocenters. The number of aliphatic imine (C=N–C) groups is 1. The number of carbonyl (C=O) groups excluding carboxylic acids is 2. The number of ether oxygens (including phenoxy) is 1. The number of carboxylic acids is 1. The summed E-state index contributed by atoms with van der Waals surface area (Å²) in [6.07, 6.45) is -4.11. The number of nitrogens with one attached hydrogen (secondary N) is 1. The van der Waals surface area contributed by atoms with Gasteiger partial charge in [-0.15, -0.1) is 0 Å². The van der Waals surface area contributed by atoms with Crippen LogP contribution in [-0.2, 0) is 14.4 Å². The lowest BCUT2D eigenvalue weighted by Crippen LogP contribution is -2.54. The maximum Gasteiger partial charge on any atom is 0.490 e. The Balaban J connectivity index is 0.000000559. The molecule has 2 heterocycles. The van der Waals surface area contributed by atoms with Crippen molar-refractivity contribution in [1.82, 2.24) is 10.2 Å². The number of guanidine groups is 1. The van der Waals surface area contributed by atoms with E-state index >= 15 is 0 Å². The molecule has 2 amide bonds. The third-order valence-corrected chi connectivity index (χ3v) is 8.18. The SMILES string of the molecule is CCC1(CC)CC(=O)N(CC2C(C)C2C(=O)N[C@@H]2c3ccccc3OC(C)(C)[C@H]2O)C(N)=N1.O=C(O)C(F)(F)F. The van der Waals surface area contributed by atoms with Gasteiger partial charge in [0.1, 0.15) is 17.5 Å². The summed E-state index contributed by atoms with van der Waals surface area (Å²) >= 11 is 0. The lowest BCUT2D eigenvalue weighted by molar-refractivity contribution is -0.192. The van der Waals surface area contributed by atoms with Crippen LogP contribution in [0, 0.1) is 17.8 Å². The Morgan fingerprint density at radius 2 is 1.80 bits per heavy atom. The molecule has 1 aromatic rings. The Hall–Kier alpha value is -3.35. The standard InChI is InChI=1S/C25H36N4O4.C2HF3O2/c1-6-25(7-2)12-18(30)29(23(26)28-25)13-16-14(3)19(16)22(32)27-20-15-10-8-9-11-17(15)33-24(4,5)21(20)31;3-2(4,5)1(6)7/h8-11,14,16,19-21,31H,6-7,12-13H2,1-5H3,(H2,26,28)(H,27,32);(H,6,7)/t14?,16?,19?,20-,21+;/m1./s1. The number of aliphatic carboxylic acids is 1. The van der Waals surface area contributed by atoms with Crippen LogP contribution in [-0.4, -0.2) is 68.8 Å². The zero-order valence-corrected chi connectivity index (χ0v) is 23.2. The number of nitrogens with two attached hydrogens (primary N) is 1. The van der Waals surface area contributed by atoms with Crippen LogP contribution < -0.4 is 15.8 Å². The van der Waals surface area contributed by atoms with E-state index in [2.05, 4.69) is 10.3 Å². The topological polar surface area (TPSA) is 155 Å². The van der Waals surface area contributed by atoms with Crippen LogP contribution in [0.4, 0.5) is 13.2 Å². The number of carbonyl (C=O) groups is 3. The van der Waals surface area contributed by atoms with E-state index in [-0.39, 0.29) is 35.5 Å². The molecule has 40 heavy (non-hydrogen) atoms. The molecule has 5 atom stereocenters. The van der Waals surface area contributed by atoms with Crippen LogP contribution in [0.2, 0.25) is 0 Å². The highest BCUT2D eigenvalue weighted by molar-refractivity contribution is 5.99. The molecule has 0 spiro atoms. The summed E-state index contributed by atoms with van der Waals surface area (Å²) in [5.41, 5.74) is 5.71. The van der Waals surface area contributed by atoms with Gasteiger partial charge in [-0.05, 0) is 44.6 Å². The lowest BCUT2D eigenvalue weighted by atomic mass is 9.86. The Kier molecular flexibility index (Phi) is 8.78. The number of benzene rings is 1. The largest absolute Gasteiger partial charge is 0.490 e. The van der Waals surface area contributed by atoms with Gasteiger partial charge in [-0.3, -0.25) is 14.5 Å². The third-order valence-electron chi connectivity index (χ3n) is 8.18. The fraction of sp³-hybridized carbons (Fsp3) is 0.630. The molecule has 5 N–H and O–H groups in total. The van der Waals surface area contributed by atoms with Crippen LogP contribution in [0.3, 0.4) is 0 Å². The van der Waals surface area contributed by atoms with Gasteiger partial charge in [0.05, 0.1) is 18.0 Å². The minimum absolute atomic E-state index is 0.00121. The second-order valence-corrected chi connectivity index (χ2v) is 11.1. The van der Waals surface area contributed by atoms with Gasteiger partial charge in [0.25, 0.3) is 0 Å². The summed E-state index contributed by atoms with van der Waals surface area (Å²) in [5.74, 6) is -2.14. The molecule has 0 aromatic heterocycles. The predicted molar refractivity (Wildman–Crippen MR) is 139 cm³/mol. The quantitative estimate of drug-likeness (QED) is 0.410. The number of carboxylic acid groups (broad SMARTS) is 1. The van der Waals surface area contributed by atoms with Crippen LogP contribution >= 0.6 is 0 Å². The first kappa shape index (κ1) is 31.2. The van der Waals surface area contributed by atoms with Crippen molar-refractivity contribution in [2.24, 2.45) is 28.5 Å². The third kappa shape index (κ3) is 6.34. The molecule has 0 radical (unpaired) electrons. The van der Waals surface area contributed by atoms with E-state index < -0.39 is 35.4 Å². The molecular formula is C27H37F3N4O6. The van der Waals surface area contributed by atoms with Gasteiger partial charge in [0.2, 0.25) is 11.8 Å². The Bertz CT molecular complexity index is 1170. The monoisotopic (exact) mass is 570 g/mol. The van der Waals surface area contributed by atoms with Crippen molar-refractivity contribution in [1.29, 1.82) is 0 Å². The predicted octanol–water partition coefficient (Wildman–Crippen LogP) is 3.00.